The van der Waals surface area contributed by atoms with Crippen molar-refractivity contribution in [1.82, 2.24) is 5.32 Å². The largest absolute Gasteiger partial charge is 0.461 e. The van der Waals surface area contributed by atoms with Gasteiger partial charge in [0.15, 0.2) is 0 Å². The van der Waals surface area contributed by atoms with E-state index in [-0.39, 0.29) is 5.82 Å². The Bertz CT molecular complexity index is 561. The molecule has 20 heavy (non-hydrogen) atoms. The molecule has 2 aromatic rings. The Kier molecular flexibility index (Phi) is 4.81. The lowest BCUT2D eigenvalue weighted by Crippen LogP contribution is -2.27. The van der Waals surface area contributed by atoms with E-state index in [0.29, 0.717) is 17.8 Å². The van der Waals surface area contributed by atoms with Crippen LogP contribution in [0.4, 0.5) is 4.39 Å². The molecule has 1 heterocycles. The van der Waals surface area contributed by atoms with Crippen molar-refractivity contribution in [1.29, 1.82) is 0 Å². The molecule has 0 radical (unpaired) electrons. The summed E-state index contributed by atoms with van der Waals surface area (Å²) in [7, 11) is 0. The summed E-state index contributed by atoms with van der Waals surface area (Å²) < 4.78 is 19.0. The second-order valence-electron chi connectivity index (χ2n) is 6.15. The van der Waals surface area contributed by atoms with Crippen LogP contribution in [0, 0.1) is 17.7 Å². The standard InChI is InChI=1S/C17H24FNO/c1-11(2)9-19-10-12(3)13(4)17-8-14-7-15(18)5-6-16(14)20-17/h5-8,11-13,19H,9-10H2,1-4H3. The van der Waals surface area contributed by atoms with Gasteiger partial charge in [-0.25, -0.2) is 4.39 Å². The zero-order valence-electron chi connectivity index (χ0n) is 12.7. The smallest absolute Gasteiger partial charge is 0.134 e. The van der Waals surface area contributed by atoms with Crippen LogP contribution in [-0.4, -0.2) is 13.1 Å². The fraction of sp³-hybridized carbons (Fsp3) is 0.529. The molecule has 1 N–H and O–H groups in total. The summed E-state index contributed by atoms with van der Waals surface area (Å²) in [5.41, 5.74) is 0.760. The highest BCUT2D eigenvalue weighted by Gasteiger charge is 2.18. The highest BCUT2D eigenvalue weighted by Crippen LogP contribution is 2.29. The van der Waals surface area contributed by atoms with Gasteiger partial charge in [0.1, 0.15) is 17.2 Å². The van der Waals surface area contributed by atoms with Gasteiger partial charge in [-0.3, -0.25) is 0 Å². The number of furan rings is 1. The van der Waals surface area contributed by atoms with Crippen LogP contribution in [0.1, 0.15) is 39.4 Å². The van der Waals surface area contributed by atoms with E-state index in [1.54, 1.807) is 6.07 Å². The van der Waals surface area contributed by atoms with Gasteiger partial charge in [0, 0.05) is 11.3 Å². The van der Waals surface area contributed by atoms with E-state index in [1.165, 1.54) is 12.1 Å². The molecular formula is C17H24FNO. The second-order valence-corrected chi connectivity index (χ2v) is 6.15. The molecule has 0 amide bonds. The van der Waals surface area contributed by atoms with Crippen LogP contribution in [0.2, 0.25) is 0 Å². The Morgan fingerprint density at radius 2 is 1.85 bits per heavy atom. The van der Waals surface area contributed by atoms with E-state index >= 15 is 0 Å². The van der Waals surface area contributed by atoms with Crippen LogP contribution in [-0.2, 0) is 0 Å². The Morgan fingerprint density at radius 1 is 1.10 bits per heavy atom. The maximum absolute atomic E-state index is 13.2. The van der Waals surface area contributed by atoms with Crippen molar-refractivity contribution < 1.29 is 8.81 Å². The van der Waals surface area contributed by atoms with E-state index in [2.05, 4.69) is 33.0 Å². The van der Waals surface area contributed by atoms with Gasteiger partial charge in [0.2, 0.25) is 0 Å². The van der Waals surface area contributed by atoms with Crippen molar-refractivity contribution in [2.24, 2.45) is 11.8 Å². The van der Waals surface area contributed by atoms with Crippen molar-refractivity contribution in [3.63, 3.8) is 0 Å². The van der Waals surface area contributed by atoms with Gasteiger partial charge in [0.25, 0.3) is 0 Å². The monoisotopic (exact) mass is 277 g/mol. The fourth-order valence-corrected chi connectivity index (χ4v) is 2.32. The number of hydrogen-bond acceptors (Lipinski definition) is 2. The van der Waals surface area contributed by atoms with E-state index in [4.69, 9.17) is 4.42 Å². The average Bonchev–Trinajstić information content (AvgIpc) is 2.80. The molecule has 0 saturated carbocycles. The molecule has 0 spiro atoms. The normalized spacial score (nSPS) is 14.9. The maximum atomic E-state index is 13.2. The Labute approximate surface area is 120 Å². The predicted octanol–water partition coefficient (Wildman–Crippen LogP) is 4.56. The molecule has 0 fully saturated rings. The van der Waals surface area contributed by atoms with Crippen LogP contribution in [0.25, 0.3) is 11.0 Å². The van der Waals surface area contributed by atoms with E-state index in [9.17, 15) is 4.39 Å². The minimum atomic E-state index is -0.218. The molecule has 0 aliphatic heterocycles. The van der Waals surface area contributed by atoms with Crippen LogP contribution in [0.3, 0.4) is 0 Å². The number of fused-ring (bicyclic) bond motifs is 1. The molecule has 110 valence electrons. The van der Waals surface area contributed by atoms with Gasteiger partial charge in [0.05, 0.1) is 0 Å². The molecule has 0 bridgehead atoms. The molecule has 0 aliphatic rings. The van der Waals surface area contributed by atoms with Gasteiger partial charge in [-0.05, 0) is 49.2 Å². The molecule has 2 rings (SSSR count). The van der Waals surface area contributed by atoms with Crippen LogP contribution >= 0.6 is 0 Å². The lowest BCUT2D eigenvalue weighted by Gasteiger charge is -2.19. The Morgan fingerprint density at radius 3 is 2.55 bits per heavy atom. The SMILES string of the molecule is CC(C)CNCC(C)C(C)c1cc2cc(F)ccc2o1. The summed E-state index contributed by atoms with van der Waals surface area (Å²) in [6, 6.07) is 6.62. The van der Waals surface area contributed by atoms with Crippen LogP contribution in [0.5, 0.6) is 0 Å². The minimum Gasteiger partial charge on any atom is -0.461 e. The summed E-state index contributed by atoms with van der Waals surface area (Å²) in [6.07, 6.45) is 0. The molecule has 2 nitrogen and oxygen atoms in total. The zero-order chi connectivity index (χ0) is 14.7. The number of benzene rings is 1. The maximum Gasteiger partial charge on any atom is 0.134 e. The second kappa shape index (κ2) is 6.40. The lowest BCUT2D eigenvalue weighted by atomic mass is 9.93. The molecule has 1 aromatic carbocycles. The summed E-state index contributed by atoms with van der Waals surface area (Å²) in [4.78, 5) is 0. The van der Waals surface area contributed by atoms with Gasteiger partial charge in [-0.2, -0.15) is 0 Å². The quantitative estimate of drug-likeness (QED) is 0.837. The van der Waals surface area contributed by atoms with Crippen molar-refractivity contribution in [2.45, 2.75) is 33.6 Å². The predicted molar refractivity (Wildman–Crippen MR) is 81.5 cm³/mol. The third kappa shape index (κ3) is 3.60. The highest BCUT2D eigenvalue weighted by atomic mass is 19.1. The fourth-order valence-electron chi connectivity index (χ4n) is 2.32. The summed E-state index contributed by atoms with van der Waals surface area (Å²) >= 11 is 0. The molecule has 0 aliphatic carbocycles. The van der Waals surface area contributed by atoms with Gasteiger partial charge >= 0.3 is 0 Å². The number of rotatable bonds is 6. The first-order chi connectivity index (χ1) is 9.47. The molecule has 2 unspecified atom stereocenters. The Hall–Kier alpha value is -1.35. The minimum absolute atomic E-state index is 0.218. The lowest BCUT2D eigenvalue weighted by molar-refractivity contribution is 0.383. The van der Waals surface area contributed by atoms with Crippen LogP contribution in [0.15, 0.2) is 28.7 Å². The van der Waals surface area contributed by atoms with Gasteiger partial charge < -0.3 is 9.73 Å². The van der Waals surface area contributed by atoms with E-state index < -0.39 is 0 Å². The molecule has 2 atom stereocenters. The number of halogens is 1. The summed E-state index contributed by atoms with van der Waals surface area (Å²) in [5, 5.41) is 4.32. The third-order valence-corrected chi connectivity index (χ3v) is 3.82. The topological polar surface area (TPSA) is 25.2 Å². The number of hydrogen-bond donors (Lipinski definition) is 1. The van der Waals surface area contributed by atoms with Gasteiger partial charge in [-0.15, -0.1) is 0 Å². The summed E-state index contributed by atoms with van der Waals surface area (Å²) in [5.74, 6) is 2.16. The van der Waals surface area contributed by atoms with E-state index in [0.717, 1.165) is 29.8 Å². The number of nitrogens with one attached hydrogen (secondary N) is 1. The van der Waals surface area contributed by atoms with Gasteiger partial charge in [-0.1, -0.05) is 27.7 Å². The summed E-state index contributed by atoms with van der Waals surface area (Å²) in [6.45, 7) is 10.8. The van der Waals surface area contributed by atoms with Crippen molar-refractivity contribution in [3.8, 4) is 0 Å². The first-order valence-electron chi connectivity index (χ1n) is 7.37. The first kappa shape index (κ1) is 15.0. The first-order valence-corrected chi connectivity index (χ1v) is 7.37. The van der Waals surface area contributed by atoms with Crippen molar-refractivity contribution in [3.05, 3.63) is 35.8 Å². The van der Waals surface area contributed by atoms with Crippen molar-refractivity contribution >= 4 is 11.0 Å². The van der Waals surface area contributed by atoms with E-state index in [1.807, 2.05) is 6.07 Å². The molecule has 3 heteroatoms. The zero-order valence-corrected chi connectivity index (χ0v) is 12.7. The van der Waals surface area contributed by atoms with Crippen LogP contribution < -0.4 is 5.32 Å². The highest BCUT2D eigenvalue weighted by molar-refractivity contribution is 5.78. The van der Waals surface area contributed by atoms with Crippen molar-refractivity contribution in [2.75, 3.05) is 13.1 Å². The molecular weight excluding hydrogens is 253 g/mol. The average molecular weight is 277 g/mol. The Balaban J connectivity index is 2.04. The molecule has 0 saturated heterocycles. The molecule has 1 aromatic heterocycles. The third-order valence-electron chi connectivity index (χ3n) is 3.82.